The molecule has 0 radical (unpaired) electrons. The number of hydrogen-bond acceptors (Lipinski definition) is 7. The molecule has 9 nitrogen and oxygen atoms in total. The first-order valence-electron chi connectivity index (χ1n) is 11.3. The van der Waals surface area contributed by atoms with Gasteiger partial charge in [0.05, 0.1) is 42.6 Å². The van der Waals surface area contributed by atoms with Crippen LogP contribution < -0.4 is 25.1 Å². The maximum Gasteiger partial charge on any atom is 0.279 e. The van der Waals surface area contributed by atoms with Crippen LogP contribution in [0.5, 0.6) is 17.2 Å². The summed E-state index contributed by atoms with van der Waals surface area (Å²) in [7, 11) is 3.10. The van der Waals surface area contributed by atoms with Crippen LogP contribution in [0.2, 0.25) is 0 Å². The van der Waals surface area contributed by atoms with Gasteiger partial charge in [-0.3, -0.25) is 20.4 Å². The number of amides is 2. The van der Waals surface area contributed by atoms with Gasteiger partial charge in [-0.1, -0.05) is 24.3 Å². The highest BCUT2D eigenvalue weighted by atomic mass is 16.5. The molecule has 1 atom stereocenters. The van der Waals surface area contributed by atoms with Gasteiger partial charge in [0.25, 0.3) is 11.8 Å². The molecule has 2 amide bonds. The molecule has 1 heterocycles. The minimum atomic E-state index is -0.925. The average Bonchev–Trinajstić information content (AvgIpc) is 2.94. The molecule has 0 saturated heterocycles. The van der Waals surface area contributed by atoms with Crippen LogP contribution in [-0.2, 0) is 4.79 Å². The minimum Gasteiger partial charge on any atom is -0.493 e. The monoisotopic (exact) mass is 496 g/mol. The lowest BCUT2D eigenvalue weighted by Crippen LogP contribution is -2.47. The number of para-hydroxylation sites is 1. The van der Waals surface area contributed by atoms with Crippen LogP contribution >= 0.6 is 0 Å². The van der Waals surface area contributed by atoms with E-state index in [-0.39, 0.29) is 0 Å². The molecule has 9 heteroatoms. The fourth-order valence-electron chi connectivity index (χ4n) is 3.69. The molecule has 0 aliphatic rings. The van der Waals surface area contributed by atoms with Gasteiger partial charge in [0, 0.05) is 10.9 Å². The Labute approximate surface area is 213 Å². The van der Waals surface area contributed by atoms with Crippen molar-refractivity contribution in [3.05, 3.63) is 83.9 Å². The number of hydrazine groups is 1. The molecule has 2 N–H and O–H groups in total. The molecule has 0 fully saturated rings. The zero-order valence-electron chi connectivity index (χ0n) is 20.4. The molecule has 37 heavy (non-hydrogen) atoms. The number of nitrogens with zero attached hydrogens (tertiary/aromatic N) is 2. The highest BCUT2D eigenvalue weighted by Gasteiger charge is 2.19. The lowest BCUT2D eigenvalue weighted by Gasteiger charge is -2.16. The quantitative estimate of drug-likeness (QED) is 0.371. The number of fused-ring (bicyclic) bond motifs is 1. The second kappa shape index (κ2) is 11.1. The maximum absolute atomic E-state index is 13.2. The van der Waals surface area contributed by atoms with Gasteiger partial charge >= 0.3 is 0 Å². The predicted molar refractivity (Wildman–Crippen MR) is 137 cm³/mol. The van der Waals surface area contributed by atoms with Crippen LogP contribution in [0, 0.1) is 11.3 Å². The normalized spacial score (nSPS) is 11.2. The van der Waals surface area contributed by atoms with E-state index in [1.807, 2.05) is 18.2 Å². The third-order valence-corrected chi connectivity index (χ3v) is 5.58. The number of ether oxygens (including phenoxy) is 3. The van der Waals surface area contributed by atoms with E-state index < -0.39 is 17.9 Å². The molecular formula is C28H24N4O5. The van der Waals surface area contributed by atoms with Crippen molar-refractivity contribution >= 4 is 22.7 Å². The summed E-state index contributed by atoms with van der Waals surface area (Å²) in [5.74, 6) is 0.389. The van der Waals surface area contributed by atoms with Gasteiger partial charge in [0.15, 0.2) is 17.6 Å². The summed E-state index contributed by atoms with van der Waals surface area (Å²) in [6, 6.07) is 22.7. The number of nitrogens with one attached hydrogen (secondary N) is 2. The van der Waals surface area contributed by atoms with Crippen LogP contribution in [0.3, 0.4) is 0 Å². The van der Waals surface area contributed by atoms with Crippen LogP contribution in [0.1, 0.15) is 22.8 Å². The smallest absolute Gasteiger partial charge is 0.279 e. The molecule has 4 aromatic rings. The molecule has 186 valence electrons. The Hall–Kier alpha value is -5.10. The van der Waals surface area contributed by atoms with E-state index in [2.05, 4.69) is 10.9 Å². The number of aromatic nitrogens is 1. The molecule has 1 aromatic heterocycles. The van der Waals surface area contributed by atoms with Crippen molar-refractivity contribution in [2.45, 2.75) is 13.0 Å². The third kappa shape index (κ3) is 5.60. The summed E-state index contributed by atoms with van der Waals surface area (Å²) >= 11 is 0. The summed E-state index contributed by atoms with van der Waals surface area (Å²) in [4.78, 5) is 30.4. The van der Waals surface area contributed by atoms with Gasteiger partial charge in [0.1, 0.15) is 5.75 Å². The highest BCUT2D eigenvalue weighted by Crippen LogP contribution is 2.33. The number of carbonyl (C=O) groups is 2. The molecular weight excluding hydrogens is 472 g/mol. The third-order valence-electron chi connectivity index (χ3n) is 5.58. The SMILES string of the molecule is COc1ccc(-c2cc(C(=O)NNC(=O)C(C)Oc3cccc(C#N)c3)c3ccccc3n2)cc1OC. The average molecular weight is 497 g/mol. The van der Waals surface area contributed by atoms with Crippen molar-refractivity contribution in [1.29, 1.82) is 5.26 Å². The van der Waals surface area contributed by atoms with Crippen molar-refractivity contribution in [2.75, 3.05) is 14.2 Å². The van der Waals surface area contributed by atoms with Crippen molar-refractivity contribution in [1.82, 2.24) is 15.8 Å². The van der Waals surface area contributed by atoms with Crippen LogP contribution in [-0.4, -0.2) is 37.1 Å². The summed E-state index contributed by atoms with van der Waals surface area (Å²) in [5.41, 5.74) is 7.48. The molecule has 3 aromatic carbocycles. The fourth-order valence-corrected chi connectivity index (χ4v) is 3.69. The highest BCUT2D eigenvalue weighted by molar-refractivity contribution is 6.07. The zero-order valence-corrected chi connectivity index (χ0v) is 20.4. The van der Waals surface area contributed by atoms with E-state index in [0.717, 1.165) is 5.56 Å². The first-order chi connectivity index (χ1) is 17.9. The lowest BCUT2D eigenvalue weighted by molar-refractivity contribution is -0.128. The number of carbonyl (C=O) groups excluding carboxylic acids is 2. The van der Waals surface area contributed by atoms with Crippen molar-refractivity contribution < 1.29 is 23.8 Å². The molecule has 4 rings (SSSR count). The molecule has 0 aliphatic heterocycles. The second-order valence-electron chi connectivity index (χ2n) is 7.99. The van der Waals surface area contributed by atoms with Gasteiger partial charge in [-0.05, 0) is 55.5 Å². The standard InChI is InChI=1S/C28H24N4O5/c1-17(37-20-8-6-7-18(13-20)16-29)27(33)31-32-28(34)22-15-24(30-23-10-5-4-9-21(22)23)19-11-12-25(35-2)26(14-19)36-3/h4-15,17H,1-3H3,(H,31,33)(H,32,34). The summed E-state index contributed by atoms with van der Waals surface area (Å²) < 4.78 is 16.3. The topological polar surface area (TPSA) is 123 Å². The summed E-state index contributed by atoms with van der Waals surface area (Å²) in [5, 5.41) is 9.65. The molecule has 0 aliphatic carbocycles. The number of methoxy groups -OCH3 is 2. The molecule has 0 bridgehead atoms. The Morgan fingerprint density at radius 1 is 0.919 bits per heavy atom. The van der Waals surface area contributed by atoms with Gasteiger partial charge in [-0.2, -0.15) is 5.26 Å². The van der Waals surface area contributed by atoms with E-state index in [4.69, 9.17) is 24.5 Å². The first kappa shape index (κ1) is 25.0. The van der Waals surface area contributed by atoms with Gasteiger partial charge in [-0.25, -0.2) is 4.98 Å². The minimum absolute atomic E-state index is 0.325. The molecule has 0 saturated carbocycles. The van der Waals surface area contributed by atoms with Crippen molar-refractivity contribution in [2.24, 2.45) is 0 Å². The first-order valence-corrected chi connectivity index (χ1v) is 11.3. The Morgan fingerprint density at radius 2 is 1.70 bits per heavy atom. The lowest BCUT2D eigenvalue weighted by atomic mass is 10.0. The number of hydrogen-bond donors (Lipinski definition) is 2. The van der Waals surface area contributed by atoms with E-state index in [0.29, 0.717) is 45.0 Å². The Balaban J connectivity index is 1.55. The predicted octanol–water partition coefficient (Wildman–Crippen LogP) is 4.02. The second-order valence-corrected chi connectivity index (χ2v) is 7.99. The van der Waals surface area contributed by atoms with Gasteiger partial charge in [0.2, 0.25) is 0 Å². The number of rotatable bonds is 7. The van der Waals surface area contributed by atoms with Gasteiger partial charge < -0.3 is 14.2 Å². The zero-order chi connectivity index (χ0) is 26.4. The number of pyridine rings is 1. The largest absolute Gasteiger partial charge is 0.493 e. The summed E-state index contributed by atoms with van der Waals surface area (Å²) in [6.45, 7) is 1.54. The van der Waals surface area contributed by atoms with Crippen LogP contribution in [0.15, 0.2) is 72.8 Å². The molecule has 1 unspecified atom stereocenters. The van der Waals surface area contributed by atoms with E-state index >= 15 is 0 Å². The van der Waals surface area contributed by atoms with Crippen LogP contribution in [0.25, 0.3) is 22.2 Å². The van der Waals surface area contributed by atoms with Gasteiger partial charge in [-0.15, -0.1) is 0 Å². The number of nitriles is 1. The van der Waals surface area contributed by atoms with Crippen molar-refractivity contribution in [3.8, 4) is 34.6 Å². The maximum atomic E-state index is 13.2. The Morgan fingerprint density at radius 3 is 2.46 bits per heavy atom. The number of benzene rings is 3. The molecule has 0 spiro atoms. The van der Waals surface area contributed by atoms with E-state index in [1.165, 1.54) is 13.0 Å². The fraction of sp³-hybridized carbons (Fsp3) is 0.143. The Bertz CT molecular complexity index is 1510. The summed E-state index contributed by atoms with van der Waals surface area (Å²) in [6.07, 6.45) is -0.925. The Kier molecular flexibility index (Phi) is 7.50. The van der Waals surface area contributed by atoms with E-state index in [9.17, 15) is 9.59 Å². The van der Waals surface area contributed by atoms with Crippen molar-refractivity contribution in [3.63, 3.8) is 0 Å². The van der Waals surface area contributed by atoms with Crippen LogP contribution in [0.4, 0.5) is 0 Å². The van der Waals surface area contributed by atoms with E-state index in [1.54, 1.807) is 68.8 Å².